The number of fused-ring (bicyclic) bond motifs is 1. The summed E-state index contributed by atoms with van der Waals surface area (Å²) in [5.74, 6) is -1.17. The number of nitrogens with zero attached hydrogens (tertiary/aromatic N) is 3. The lowest BCUT2D eigenvalue weighted by Gasteiger charge is -2.34. The first-order chi connectivity index (χ1) is 15.0. The van der Waals surface area contributed by atoms with Crippen LogP contribution in [0, 0.1) is 16.7 Å². The number of benzene rings is 1. The number of amides is 3. The van der Waals surface area contributed by atoms with Gasteiger partial charge in [0.1, 0.15) is 12.1 Å². The maximum Gasteiger partial charge on any atom is 0.243 e. The summed E-state index contributed by atoms with van der Waals surface area (Å²) in [4.78, 5) is 42.0. The van der Waals surface area contributed by atoms with Gasteiger partial charge in [-0.1, -0.05) is 45.9 Å². The predicted octanol–water partition coefficient (Wildman–Crippen LogP) is 2.68. The SMILES string of the molecule is CC[C@@H](C(=O)N[C@H](C#N)CC1C(=O)Nc2ccccc21)N(CN(C)C)C(=O)CC(C)(C)C. The number of hydrogen-bond donors (Lipinski definition) is 2. The maximum atomic E-state index is 13.2. The topological polar surface area (TPSA) is 106 Å². The van der Waals surface area contributed by atoms with Gasteiger partial charge in [-0.15, -0.1) is 0 Å². The third kappa shape index (κ3) is 6.54. The van der Waals surface area contributed by atoms with Crippen LogP contribution in [0.4, 0.5) is 5.69 Å². The van der Waals surface area contributed by atoms with E-state index in [0.29, 0.717) is 19.5 Å². The molecule has 1 aliphatic heterocycles. The number of nitrogens with one attached hydrogen (secondary N) is 2. The summed E-state index contributed by atoms with van der Waals surface area (Å²) in [6.07, 6.45) is 0.900. The van der Waals surface area contributed by atoms with Gasteiger partial charge < -0.3 is 15.5 Å². The van der Waals surface area contributed by atoms with E-state index in [-0.39, 0.29) is 29.6 Å². The molecule has 1 heterocycles. The van der Waals surface area contributed by atoms with Crippen LogP contribution in [0.1, 0.15) is 58.4 Å². The van der Waals surface area contributed by atoms with Crippen molar-refractivity contribution >= 4 is 23.4 Å². The summed E-state index contributed by atoms with van der Waals surface area (Å²) < 4.78 is 0. The Hall–Kier alpha value is -2.92. The van der Waals surface area contributed by atoms with Gasteiger partial charge in [0.2, 0.25) is 17.7 Å². The highest BCUT2D eigenvalue weighted by molar-refractivity contribution is 6.03. The lowest BCUT2D eigenvalue weighted by atomic mass is 9.91. The molecule has 0 aliphatic carbocycles. The van der Waals surface area contributed by atoms with E-state index in [1.54, 1.807) is 4.90 Å². The van der Waals surface area contributed by atoms with Gasteiger partial charge in [0.05, 0.1) is 18.7 Å². The molecule has 32 heavy (non-hydrogen) atoms. The fraction of sp³-hybridized carbons (Fsp3) is 0.583. The van der Waals surface area contributed by atoms with Crippen molar-refractivity contribution in [1.82, 2.24) is 15.1 Å². The largest absolute Gasteiger partial charge is 0.339 e. The Morgan fingerprint density at radius 1 is 1.25 bits per heavy atom. The first-order valence-electron chi connectivity index (χ1n) is 11.0. The predicted molar refractivity (Wildman–Crippen MR) is 124 cm³/mol. The van der Waals surface area contributed by atoms with Crippen LogP contribution in [0.3, 0.4) is 0 Å². The molecule has 8 nitrogen and oxygen atoms in total. The molecular formula is C24H35N5O3. The first kappa shape index (κ1) is 25.3. The number of para-hydroxylation sites is 1. The van der Waals surface area contributed by atoms with Crippen LogP contribution < -0.4 is 10.6 Å². The van der Waals surface area contributed by atoms with Gasteiger partial charge in [-0.3, -0.25) is 19.3 Å². The minimum absolute atomic E-state index is 0.106. The molecule has 0 spiro atoms. The molecule has 0 aromatic heterocycles. The smallest absolute Gasteiger partial charge is 0.243 e. The van der Waals surface area contributed by atoms with Crippen molar-refractivity contribution in [3.63, 3.8) is 0 Å². The fourth-order valence-corrected chi connectivity index (χ4v) is 3.92. The second-order valence-corrected chi connectivity index (χ2v) is 9.80. The van der Waals surface area contributed by atoms with Crippen molar-refractivity contribution < 1.29 is 14.4 Å². The average Bonchev–Trinajstić information content (AvgIpc) is 3.00. The first-order valence-corrected chi connectivity index (χ1v) is 11.0. The molecule has 1 unspecified atom stereocenters. The van der Waals surface area contributed by atoms with Crippen molar-refractivity contribution in [1.29, 1.82) is 5.26 Å². The van der Waals surface area contributed by atoms with E-state index in [9.17, 15) is 19.6 Å². The minimum atomic E-state index is -0.850. The molecular weight excluding hydrogens is 406 g/mol. The van der Waals surface area contributed by atoms with Crippen molar-refractivity contribution in [2.75, 3.05) is 26.1 Å². The summed E-state index contributed by atoms with van der Waals surface area (Å²) >= 11 is 0. The van der Waals surface area contributed by atoms with E-state index in [2.05, 4.69) is 16.7 Å². The number of carbonyl (C=O) groups is 3. The molecule has 2 rings (SSSR count). The zero-order valence-corrected chi connectivity index (χ0v) is 19.9. The second-order valence-electron chi connectivity index (χ2n) is 9.80. The number of hydrogen-bond acceptors (Lipinski definition) is 5. The molecule has 1 aromatic rings. The lowest BCUT2D eigenvalue weighted by molar-refractivity contribution is -0.144. The fourth-order valence-electron chi connectivity index (χ4n) is 3.92. The minimum Gasteiger partial charge on any atom is -0.339 e. The number of rotatable bonds is 9. The van der Waals surface area contributed by atoms with E-state index in [0.717, 1.165) is 11.3 Å². The zero-order valence-electron chi connectivity index (χ0n) is 19.9. The van der Waals surface area contributed by atoms with Crippen molar-refractivity contribution in [2.45, 2.75) is 65.0 Å². The Labute approximate surface area is 190 Å². The summed E-state index contributed by atoms with van der Waals surface area (Å²) in [7, 11) is 3.69. The second kappa shape index (κ2) is 10.6. The molecule has 2 N–H and O–H groups in total. The zero-order chi connectivity index (χ0) is 24.1. The van der Waals surface area contributed by atoms with Crippen LogP contribution in [0.25, 0.3) is 0 Å². The molecule has 0 radical (unpaired) electrons. The number of nitriles is 1. The van der Waals surface area contributed by atoms with E-state index < -0.39 is 18.0 Å². The van der Waals surface area contributed by atoms with Gasteiger partial charge in [-0.2, -0.15) is 5.26 Å². The highest BCUT2D eigenvalue weighted by atomic mass is 16.2. The van der Waals surface area contributed by atoms with Crippen LogP contribution in [0.2, 0.25) is 0 Å². The van der Waals surface area contributed by atoms with Crippen LogP contribution in [-0.4, -0.2) is 60.4 Å². The third-order valence-electron chi connectivity index (χ3n) is 5.36. The summed E-state index contributed by atoms with van der Waals surface area (Å²) in [6.45, 7) is 8.09. The highest BCUT2D eigenvalue weighted by Crippen LogP contribution is 2.35. The Balaban J connectivity index is 2.16. The van der Waals surface area contributed by atoms with Crippen molar-refractivity contribution in [3.05, 3.63) is 29.8 Å². The normalized spacial score (nSPS) is 17.2. The van der Waals surface area contributed by atoms with Gasteiger partial charge >= 0.3 is 0 Å². The average molecular weight is 442 g/mol. The molecule has 3 amide bonds. The molecule has 0 fully saturated rings. The van der Waals surface area contributed by atoms with Gasteiger partial charge in [0.15, 0.2) is 0 Å². The molecule has 174 valence electrons. The molecule has 8 heteroatoms. The molecule has 3 atom stereocenters. The quantitative estimate of drug-likeness (QED) is 0.573. The van der Waals surface area contributed by atoms with E-state index >= 15 is 0 Å². The monoisotopic (exact) mass is 441 g/mol. The Kier molecular flexibility index (Phi) is 8.39. The Morgan fingerprint density at radius 3 is 2.47 bits per heavy atom. The van der Waals surface area contributed by atoms with Gasteiger partial charge in [-0.25, -0.2) is 0 Å². The van der Waals surface area contributed by atoms with Gasteiger partial charge in [-0.05, 0) is 44.0 Å². The van der Waals surface area contributed by atoms with Crippen LogP contribution >= 0.6 is 0 Å². The van der Waals surface area contributed by atoms with Crippen LogP contribution in [0.5, 0.6) is 0 Å². The third-order valence-corrected chi connectivity index (χ3v) is 5.36. The van der Waals surface area contributed by atoms with E-state index in [1.807, 2.05) is 71.0 Å². The van der Waals surface area contributed by atoms with Crippen LogP contribution in [0.15, 0.2) is 24.3 Å². The summed E-state index contributed by atoms with van der Waals surface area (Å²) in [6, 6.07) is 7.92. The molecule has 1 aromatic carbocycles. The van der Waals surface area contributed by atoms with E-state index in [4.69, 9.17) is 0 Å². The summed E-state index contributed by atoms with van der Waals surface area (Å²) in [5, 5.41) is 15.3. The van der Waals surface area contributed by atoms with Crippen LogP contribution in [-0.2, 0) is 14.4 Å². The molecule has 0 saturated heterocycles. The molecule has 1 aliphatic rings. The van der Waals surface area contributed by atoms with Crippen molar-refractivity contribution in [2.24, 2.45) is 5.41 Å². The highest BCUT2D eigenvalue weighted by Gasteiger charge is 2.35. The van der Waals surface area contributed by atoms with E-state index in [1.165, 1.54) is 0 Å². The number of anilines is 1. The summed E-state index contributed by atoms with van der Waals surface area (Å²) in [5.41, 5.74) is 1.35. The number of carbonyl (C=O) groups excluding carboxylic acids is 3. The molecule has 0 bridgehead atoms. The Bertz CT molecular complexity index is 884. The van der Waals surface area contributed by atoms with Gasteiger partial charge in [0, 0.05) is 12.1 Å². The Morgan fingerprint density at radius 2 is 1.91 bits per heavy atom. The lowest BCUT2D eigenvalue weighted by Crippen LogP contribution is -2.54. The van der Waals surface area contributed by atoms with Gasteiger partial charge in [0.25, 0.3) is 0 Å². The maximum absolute atomic E-state index is 13.2. The van der Waals surface area contributed by atoms with Crippen molar-refractivity contribution in [3.8, 4) is 6.07 Å². The standard InChI is InChI=1S/C24H35N5O3/c1-7-20(29(15-28(5)6)21(30)13-24(2,3)4)23(32)26-16(14-25)12-18-17-10-8-9-11-19(17)27-22(18)31/h8-11,16,18,20H,7,12-13,15H2,1-6H3,(H,26,32)(H,27,31)/t16-,18?,20-/m0/s1. The molecule has 0 saturated carbocycles.